The van der Waals surface area contributed by atoms with E-state index in [0.717, 1.165) is 11.4 Å². The van der Waals surface area contributed by atoms with Gasteiger partial charge in [-0.25, -0.2) is 5.53 Å². The van der Waals surface area contributed by atoms with Gasteiger partial charge in [0.05, 0.1) is 6.61 Å². The average Bonchev–Trinajstić information content (AvgIpc) is 2.41. The molecule has 4 heteroatoms. The van der Waals surface area contributed by atoms with Crippen LogP contribution >= 0.6 is 0 Å². The van der Waals surface area contributed by atoms with Gasteiger partial charge >= 0.3 is 0 Å². The van der Waals surface area contributed by atoms with E-state index in [-0.39, 0.29) is 0 Å². The van der Waals surface area contributed by atoms with Crippen molar-refractivity contribution in [1.29, 1.82) is 5.53 Å². The lowest BCUT2D eigenvalue weighted by molar-refractivity contribution is 0.341. The number of rotatable bonds is 5. The van der Waals surface area contributed by atoms with Gasteiger partial charge in [-0.15, -0.1) is 0 Å². The van der Waals surface area contributed by atoms with Gasteiger partial charge in [-0.05, 0) is 31.2 Å². The molecule has 2 aromatic carbocycles. The molecular weight excluding hydrogens is 226 g/mol. The molecule has 2 N–H and O–H groups in total. The van der Waals surface area contributed by atoms with Crippen LogP contribution in [-0.2, 0) is 0 Å². The predicted octanol–water partition coefficient (Wildman–Crippen LogP) is 4.49. The van der Waals surface area contributed by atoms with Gasteiger partial charge in [0.15, 0.2) is 0 Å². The minimum atomic E-state index is 0.537. The number of nitrogens with zero attached hydrogens (tertiary/aromatic N) is 1. The lowest BCUT2D eigenvalue weighted by Crippen LogP contribution is -1.94. The van der Waals surface area contributed by atoms with Crippen molar-refractivity contribution in [3.63, 3.8) is 0 Å². The first-order chi connectivity index (χ1) is 8.83. The zero-order valence-electron chi connectivity index (χ0n) is 10.2. The minimum Gasteiger partial charge on any atom is -0.491 e. The highest BCUT2D eigenvalue weighted by Gasteiger charge is 2.04. The van der Waals surface area contributed by atoms with E-state index in [4.69, 9.17) is 10.3 Å². The Morgan fingerprint density at radius 3 is 2.56 bits per heavy atom. The Balaban J connectivity index is 2.24. The fraction of sp³-hybridized carbons (Fsp3) is 0.143. The van der Waals surface area contributed by atoms with Crippen LogP contribution in [0.15, 0.2) is 53.6 Å². The van der Waals surface area contributed by atoms with Crippen molar-refractivity contribution in [2.45, 2.75) is 6.92 Å². The summed E-state index contributed by atoms with van der Waals surface area (Å²) in [5.41, 5.74) is 9.54. The molecule has 0 bridgehead atoms. The quantitative estimate of drug-likeness (QED) is 0.757. The molecule has 4 nitrogen and oxygen atoms in total. The molecule has 0 atom stereocenters. The Kier molecular flexibility index (Phi) is 3.91. The predicted molar refractivity (Wildman–Crippen MR) is 72.1 cm³/mol. The Bertz CT molecular complexity index is 526. The number of para-hydroxylation sites is 1. The van der Waals surface area contributed by atoms with Crippen molar-refractivity contribution in [3.05, 3.63) is 48.5 Å². The van der Waals surface area contributed by atoms with Crippen LogP contribution in [0.4, 0.5) is 17.1 Å². The molecule has 0 unspecified atom stereocenters. The maximum Gasteiger partial charge on any atom is 0.148 e. The summed E-state index contributed by atoms with van der Waals surface area (Å²) in [6.07, 6.45) is 0. The first-order valence-electron chi connectivity index (χ1n) is 5.80. The van der Waals surface area contributed by atoms with Gasteiger partial charge in [-0.3, -0.25) is 0 Å². The van der Waals surface area contributed by atoms with E-state index >= 15 is 0 Å². The van der Waals surface area contributed by atoms with E-state index < -0.39 is 0 Å². The molecule has 0 aliphatic rings. The molecule has 92 valence electrons. The highest BCUT2D eigenvalue weighted by Crippen LogP contribution is 2.31. The van der Waals surface area contributed by atoms with E-state index in [1.807, 2.05) is 49.4 Å². The van der Waals surface area contributed by atoms with Gasteiger partial charge in [0.25, 0.3) is 0 Å². The van der Waals surface area contributed by atoms with Crippen molar-refractivity contribution in [1.82, 2.24) is 0 Å². The molecule has 0 amide bonds. The smallest absolute Gasteiger partial charge is 0.148 e. The van der Waals surface area contributed by atoms with Crippen molar-refractivity contribution < 1.29 is 4.74 Å². The summed E-state index contributed by atoms with van der Waals surface area (Å²) in [5.74, 6) is 0.619. The molecule has 0 radical (unpaired) electrons. The van der Waals surface area contributed by atoms with Gasteiger partial charge in [-0.2, -0.15) is 5.11 Å². The molecule has 0 saturated heterocycles. The second-order valence-corrected chi connectivity index (χ2v) is 3.72. The lowest BCUT2D eigenvalue weighted by atomic mass is 10.2. The Labute approximate surface area is 106 Å². The first kappa shape index (κ1) is 12.1. The normalized spacial score (nSPS) is 9.83. The van der Waals surface area contributed by atoms with Crippen LogP contribution in [0.3, 0.4) is 0 Å². The average molecular weight is 241 g/mol. The van der Waals surface area contributed by atoms with Crippen LogP contribution < -0.4 is 10.1 Å². The maximum absolute atomic E-state index is 7.08. The standard InChI is InChI=1S/C14H15N3O/c1-2-18-14-10-12(8-9-13(14)17-15)16-11-6-4-3-5-7-11/h3-10,15-16H,2H2,1H3. The van der Waals surface area contributed by atoms with E-state index in [0.29, 0.717) is 18.0 Å². The van der Waals surface area contributed by atoms with Crippen molar-refractivity contribution >= 4 is 17.1 Å². The Morgan fingerprint density at radius 2 is 1.89 bits per heavy atom. The van der Waals surface area contributed by atoms with Crippen LogP contribution in [0.2, 0.25) is 0 Å². The molecule has 0 heterocycles. The highest BCUT2D eigenvalue weighted by atomic mass is 16.5. The third-order valence-corrected chi connectivity index (χ3v) is 2.44. The summed E-state index contributed by atoms with van der Waals surface area (Å²) in [4.78, 5) is 0. The second-order valence-electron chi connectivity index (χ2n) is 3.72. The summed E-state index contributed by atoms with van der Waals surface area (Å²) in [5, 5.41) is 6.71. The highest BCUT2D eigenvalue weighted by molar-refractivity contribution is 5.66. The Morgan fingerprint density at radius 1 is 1.11 bits per heavy atom. The van der Waals surface area contributed by atoms with Gasteiger partial charge in [-0.1, -0.05) is 18.2 Å². The van der Waals surface area contributed by atoms with Crippen molar-refractivity contribution in [2.24, 2.45) is 5.11 Å². The zero-order valence-corrected chi connectivity index (χ0v) is 10.2. The fourth-order valence-corrected chi connectivity index (χ4v) is 1.64. The Hall–Kier alpha value is -2.36. The maximum atomic E-state index is 7.08. The van der Waals surface area contributed by atoms with Crippen LogP contribution in [0.5, 0.6) is 5.75 Å². The van der Waals surface area contributed by atoms with Crippen molar-refractivity contribution in [2.75, 3.05) is 11.9 Å². The summed E-state index contributed by atoms with van der Waals surface area (Å²) in [6.45, 7) is 2.46. The number of ether oxygens (including phenoxy) is 1. The van der Waals surface area contributed by atoms with Crippen LogP contribution in [0.25, 0.3) is 0 Å². The van der Waals surface area contributed by atoms with Crippen LogP contribution in [0, 0.1) is 5.53 Å². The molecule has 0 saturated carbocycles. The summed E-state index contributed by atoms with van der Waals surface area (Å²) in [7, 11) is 0. The van der Waals surface area contributed by atoms with Gasteiger partial charge < -0.3 is 10.1 Å². The largest absolute Gasteiger partial charge is 0.491 e. The fourth-order valence-electron chi connectivity index (χ4n) is 1.64. The molecule has 0 aromatic heterocycles. The van der Waals surface area contributed by atoms with Crippen LogP contribution in [0.1, 0.15) is 6.92 Å². The molecule has 0 aliphatic carbocycles. The third-order valence-electron chi connectivity index (χ3n) is 2.44. The number of hydrogen-bond donors (Lipinski definition) is 2. The number of nitrogens with one attached hydrogen (secondary N) is 2. The summed E-state index contributed by atoms with van der Waals surface area (Å²) >= 11 is 0. The molecular formula is C14H15N3O. The van der Waals surface area contributed by atoms with E-state index in [2.05, 4.69) is 10.4 Å². The molecule has 0 aliphatic heterocycles. The van der Waals surface area contributed by atoms with E-state index in [1.54, 1.807) is 6.07 Å². The summed E-state index contributed by atoms with van der Waals surface area (Å²) in [6, 6.07) is 15.4. The number of benzene rings is 2. The van der Waals surface area contributed by atoms with Crippen molar-refractivity contribution in [3.8, 4) is 5.75 Å². The third kappa shape index (κ3) is 2.85. The van der Waals surface area contributed by atoms with Gasteiger partial charge in [0.1, 0.15) is 11.4 Å². The minimum absolute atomic E-state index is 0.537. The molecule has 2 rings (SSSR count). The van der Waals surface area contributed by atoms with E-state index in [9.17, 15) is 0 Å². The molecule has 0 fully saturated rings. The lowest BCUT2D eigenvalue weighted by Gasteiger charge is -2.10. The van der Waals surface area contributed by atoms with Gasteiger partial charge in [0, 0.05) is 17.4 Å². The SMILES string of the molecule is CCOc1cc(Nc2ccccc2)ccc1N=N. The number of anilines is 2. The number of hydrogen-bond acceptors (Lipinski definition) is 4. The van der Waals surface area contributed by atoms with Gasteiger partial charge in [0.2, 0.25) is 0 Å². The molecule has 0 spiro atoms. The molecule has 2 aromatic rings. The first-order valence-corrected chi connectivity index (χ1v) is 5.80. The molecule has 18 heavy (non-hydrogen) atoms. The second kappa shape index (κ2) is 5.82. The summed E-state index contributed by atoms with van der Waals surface area (Å²) < 4.78 is 5.45. The monoisotopic (exact) mass is 241 g/mol. The van der Waals surface area contributed by atoms with E-state index in [1.165, 1.54) is 0 Å². The zero-order chi connectivity index (χ0) is 12.8. The van der Waals surface area contributed by atoms with Crippen LogP contribution in [-0.4, -0.2) is 6.61 Å². The topological polar surface area (TPSA) is 57.5 Å².